The van der Waals surface area contributed by atoms with E-state index >= 15 is 0 Å². The number of carbonyl (C=O) groups excluding carboxylic acids is 1. The monoisotopic (exact) mass is 404 g/mol. The Morgan fingerprint density at radius 3 is 2.55 bits per heavy atom. The lowest BCUT2D eigenvalue weighted by Gasteiger charge is -2.12. The summed E-state index contributed by atoms with van der Waals surface area (Å²) in [7, 11) is 0. The Morgan fingerprint density at radius 2 is 1.66 bits per heavy atom. The number of hydrogen-bond donors (Lipinski definition) is 2. The Morgan fingerprint density at radius 1 is 0.897 bits per heavy atom. The first-order valence-electron chi connectivity index (χ1n) is 8.94. The molecule has 29 heavy (non-hydrogen) atoms. The molecule has 0 unspecified atom stereocenters. The molecule has 1 heterocycles. The lowest BCUT2D eigenvalue weighted by molar-refractivity contribution is 0.261. The number of amides is 2. The first-order valence-corrected chi connectivity index (χ1v) is 9.31. The van der Waals surface area contributed by atoms with Crippen LogP contribution in [0.1, 0.15) is 5.56 Å². The second-order valence-electron chi connectivity index (χ2n) is 6.20. The van der Waals surface area contributed by atoms with E-state index in [0.29, 0.717) is 10.7 Å². The van der Waals surface area contributed by atoms with Crippen molar-refractivity contribution in [3.8, 4) is 5.88 Å². The molecule has 4 aromatic rings. The molecule has 0 bridgehead atoms. The maximum Gasteiger partial charge on any atom is 0.325 e. The Kier molecular flexibility index (Phi) is 5.54. The summed E-state index contributed by atoms with van der Waals surface area (Å²) in [4.78, 5) is 20.9. The van der Waals surface area contributed by atoms with Crippen LogP contribution in [0.2, 0.25) is 5.02 Å². The Labute approximate surface area is 172 Å². The van der Waals surface area contributed by atoms with Gasteiger partial charge >= 0.3 is 6.03 Å². The topological polar surface area (TPSA) is 76.1 Å². The molecule has 0 aliphatic carbocycles. The van der Waals surface area contributed by atoms with Crippen molar-refractivity contribution in [2.75, 3.05) is 10.6 Å². The molecule has 7 heteroatoms. The number of hydrogen-bond acceptors (Lipinski definition) is 4. The highest BCUT2D eigenvalue weighted by atomic mass is 35.5. The normalized spacial score (nSPS) is 10.5. The van der Waals surface area contributed by atoms with E-state index in [9.17, 15) is 4.79 Å². The molecule has 0 saturated carbocycles. The minimum Gasteiger partial charge on any atom is -0.470 e. The van der Waals surface area contributed by atoms with Gasteiger partial charge in [-0.05, 0) is 17.5 Å². The third-order valence-corrected chi connectivity index (χ3v) is 4.63. The average Bonchev–Trinajstić information content (AvgIpc) is 2.74. The van der Waals surface area contributed by atoms with Crippen molar-refractivity contribution in [2.24, 2.45) is 0 Å². The minimum atomic E-state index is -0.440. The van der Waals surface area contributed by atoms with Crippen LogP contribution in [0.3, 0.4) is 0 Å². The van der Waals surface area contributed by atoms with E-state index < -0.39 is 6.03 Å². The summed E-state index contributed by atoms with van der Waals surface area (Å²) < 4.78 is 5.72. The molecule has 1 aromatic heterocycles. The molecule has 0 spiro atoms. The van der Waals surface area contributed by atoms with Gasteiger partial charge in [0.05, 0.1) is 5.69 Å². The highest BCUT2D eigenvalue weighted by Gasteiger charge is 2.12. The van der Waals surface area contributed by atoms with Crippen molar-refractivity contribution in [2.45, 2.75) is 6.61 Å². The molecule has 0 fully saturated rings. The lowest BCUT2D eigenvalue weighted by Crippen LogP contribution is -2.21. The molecule has 2 N–H and O–H groups in total. The number of ether oxygens (including phenoxy) is 1. The summed E-state index contributed by atoms with van der Waals surface area (Å²) in [5, 5.41) is 8.12. The SMILES string of the molecule is O=C(Nc1nccnc1OCc1ccccc1Cl)Nc1cccc2ccccc12. The maximum atomic E-state index is 12.5. The van der Waals surface area contributed by atoms with E-state index in [1.165, 1.54) is 12.4 Å². The van der Waals surface area contributed by atoms with Gasteiger partial charge in [-0.15, -0.1) is 0 Å². The fourth-order valence-electron chi connectivity index (χ4n) is 2.87. The van der Waals surface area contributed by atoms with Crippen molar-refractivity contribution in [3.63, 3.8) is 0 Å². The van der Waals surface area contributed by atoms with Crippen LogP contribution in [-0.2, 0) is 6.61 Å². The molecule has 0 aliphatic heterocycles. The Bertz CT molecular complexity index is 1160. The summed E-state index contributed by atoms with van der Waals surface area (Å²) in [6.07, 6.45) is 2.98. The van der Waals surface area contributed by atoms with Gasteiger partial charge in [-0.2, -0.15) is 0 Å². The van der Waals surface area contributed by atoms with Crippen molar-refractivity contribution in [1.82, 2.24) is 9.97 Å². The zero-order chi connectivity index (χ0) is 20.1. The highest BCUT2D eigenvalue weighted by Crippen LogP contribution is 2.24. The standard InChI is InChI=1S/C22H17ClN4O2/c23-18-10-4-2-7-16(18)14-29-21-20(24-12-13-25-21)27-22(28)26-19-11-5-8-15-6-1-3-9-17(15)19/h1-13H,14H2,(H2,24,26,27,28). The number of anilines is 2. The predicted octanol–water partition coefficient (Wildman–Crippen LogP) is 5.51. The van der Waals surface area contributed by atoms with E-state index in [1.54, 1.807) is 6.07 Å². The smallest absolute Gasteiger partial charge is 0.325 e. The molecule has 0 saturated heterocycles. The number of aromatic nitrogens is 2. The zero-order valence-electron chi connectivity index (χ0n) is 15.3. The van der Waals surface area contributed by atoms with Gasteiger partial charge in [0.2, 0.25) is 0 Å². The third-order valence-electron chi connectivity index (χ3n) is 4.26. The van der Waals surface area contributed by atoms with Crippen molar-refractivity contribution >= 4 is 39.9 Å². The Balaban J connectivity index is 1.48. The summed E-state index contributed by atoms with van der Waals surface area (Å²) in [5.41, 5.74) is 1.51. The quantitative estimate of drug-likeness (QED) is 0.460. The molecule has 3 aromatic carbocycles. The van der Waals surface area contributed by atoms with Gasteiger partial charge in [-0.1, -0.05) is 66.2 Å². The van der Waals surface area contributed by atoms with Crippen molar-refractivity contribution in [1.29, 1.82) is 0 Å². The fourth-order valence-corrected chi connectivity index (χ4v) is 3.06. The van der Waals surface area contributed by atoms with E-state index in [4.69, 9.17) is 16.3 Å². The van der Waals surface area contributed by atoms with Crippen LogP contribution in [0.5, 0.6) is 5.88 Å². The number of rotatable bonds is 5. The molecule has 2 amide bonds. The van der Waals surface area contributed by atoms with Crippen LogP contribution < -0.4 is 15.4 Å². The molecule has 0 atom stereocenters. The van der Waals surface area contributed by atoms with E-state index in [1.807, 2.05) is 60.7 Å². The number of benzene rings is 3. The number of urea groups is 1. The second kappa shape index (κ2) is 8.58. The molecule has 144 valence electrons. The molecule has 0 aliphatic rings. The van der Waals surface area contributed by atoms with E-state index in [-0.39, 0.29) is 18.3 Å². The van der Waals surface area contributed by atoms with Gasteiger partial charge in [0.15, 0.2) is 5.82 Å². The third kappa shape index (κ3) is 4.44. The van der Waals surface area contributed by atoms with Crippen LogP contribution in [0.4, 0.5) is 16.3 Å². The number of fused-ring (bicyclic) bond motifs is 1. The van der Waals surface area contributed by atoms with Crippen molar-refractivity contribution in [3.05, 3.63) is 89.7 Å². The van der Waals surface area contributed by atoms with Crippen LogP contribution in [0, 0.1) is 0 Å². The second-order valence-corrected chi connectivity index (χ2v) is 6.60. The summed E-state index contributed by atoms with van der Waals surface area (Å²) in [5.74, 6) is 0.428. The number of nitrogens with zero attached hydrogens (tertiary/aromatic N) is 2. The summed E-state index contributed by atoms with van der Waals surface area (Å²) >= 11 is 6.16. The number of nitrogens with one attached hydrogen (secondary N) is 2. The molecule has 6 nitrogen and oxygen atoms in total. The van der Waals surface area contributed by atoms with Gasteiger partial charge in [-0.3, -0.25) is 5.32 Å². The van der Waals surface area contributed by atoms with Crippen LogP contribution >= 0.6 is 11.6 Å². The van der Waals surface area contributed by atoms with Gasteiger partial charge in [0.25, 0.3) is 5.88 Å². The van der Waals surface area contributed by atoms with Crippen LogP contribution in [0.15, 0.2) is 79.1 Å². The number of halogens is 1. The van der Waals surface area contributed by atoms with Gasteiger partial charge in [0, 0.05) is 28.4 Å². The average molecular weight is 405 g/mol. The van der Waals surface area contributed by atoms with Crippen molar-refractivity contribution < 1.29 is 9.53 Å². The fraction of sp³-hybridized carbons (Fsp3) is 0.0455. The van der Waals surface area contributed by atoms with Gasteiger partial charge < -0.3 is 10.1 Å². The first kappa shape index (κ1) is 18.7. The highest BCUT2D eigenvalue weighted by molar-refractivity contribution is 6.31. The molecular formula is C22H17ClN4O2. The van der Waals surface area contributed by atoms with Gasteiger partial charge in [-0.25, -0.2) is 14.8 Å². The largest absolute Gasteiger partial charge is 0.470 e. The summed E-state index contributed by atoms with van der Waals surface area (Å²) in [6, 6.07) is 20.5. The first-order chi connectivity index (χ1) is 14.2. The van der Waals surface area contributed by atoms with Gasteiger partial charge in [0.1, 0.15) is 6.61 Å². The molecule has 4 rings (SSSR count). The van der Waals surface area contributed by atoms with E-state index in [2.05, 4.69) is 20.6 Å². The zero-order valence-corrected chi connectivity index (χ0v) is 16.1. The lowest BCUT2D eigenvalue weighted by atomic mass is 10.1. The van der Waals surface area contributed by atoms with Crippen LogP contribution in [0.25, 0.3) is 10.8 Å². The van der Waals surface area contributed by atoms with Crippen LogP contribution in [-0.4, -0.2) is 16.0 Å². The maximum absolute atomic E-state index is 12.5. The summed E-state index contributed by atoms with van der Waals surface area (Å²) in [6.45, 7) is 0.206. The predicted molar refractivity (Wildman–Crippen MR) is 114 cm³/mol. The molecular weight excluding hydrogens is 388 g/mol. The number of carbonyl (C=O) groups is 1. The van der Waals surface area contributed by atoms with E-state index in [0.717, 1.165) is 16.3 Å². The minimum absolute atomic E-state index is 0.206. The molecule has 0 radical (unpaired) electrons. The Hall–Kier alpha value is -3.64.